The van der Waals surface area contributed by atoms with E-state index in [0.717, 1.165) is 17.0 Å². The van der Waals surface area contributed by atoms with Crippen molar-refractivity contribution in [3.63, 3.8) is 0 Å². The molecule has 0 bridgehead atoms. The number of guanidine groups is 1. The van der Waals surface area contributed by atoms with Gasteiger partial charge in [0.05, 0.1) is 12.2 Å². The third-order valence-corrected chi connectivity index (χ3v) is 3.61. The molecule has 1 aromatic carbocycles. The largest absolute Gasteiger partial charge is 0.444 e. The van der Waals surface area contributed by atoms with Gasteiger partial charge in [0.2, 0.25) is 5.89 Å². The first kappa shape index (κ1) is 22.1. The average Bonchev–Trinajstić information content (AvgIpc) is 2.87. The fourth-order valence-electron chi connectivity index (χ4n) is 2.28. The van der Waals surface area contributed by atoms with Crippen molar-refractivity contribution in [3.05, 3.63) is 47.2 Å². The molecule has 26 heavy (non-hydrogen) atoms. The number of ether oxygens (including phenoxy) is 1. The Hall–Kier alpha value is -1.91. The lowest BCUT2D eigenvalue weighted by Gasteiger charge is -2.21. The smallest absolute Gasteiger partial charge is 0.387 e. The molecule has 0 aliphatic heterocycles. The zero-order valence-electron chi connectivity index (χ0n) is 15.1. The van der Waals surface area contributed by atoms with Gasteiger partial charge in [0.15, 0.2) is 5.96 Å². The number of alkyl halides is 2. The summed E-state index contributed by atoms with van der Waals surface area (Å²) in [5.41, 5.74) is 1.81. The molecule has 1 aromatic heterocycles. The lowest BCUT2D eigenvalue weighted by Crippen LogP contribution is -2.38. The summed E-state index contributed by atoms with van der Waals surface area (Å²) in [6.07, 6.45) is 0. The van der Waals surface area contributed by atoms with Gasteiger partial charge in [-0.2, -0.15) is 8.78 Å². The van der Waals surface area contributed by atoms with Crippen LogP contribution in [0.1, 0.15) is 22.9 Å². The van der Waals surface area contributed by atoms with E-state index >= 15 is 0 Å². The van der Waals surface area contributed by atoms with Crippen LogP contribution in [0.25, 0.3) is 0 Å². The molecule has 0 amide bonds. The van der Waals surface area contributed by atoms with Crippen molar-refractivity contribution in [1.82, 2.24) is 15.2 Å². The summed E-state index contributed by atoms with van der Waals surface area (Å²) in [6, 6.07) is 6.51. The molecule has 0 spiro atoms. The second-order valence-corrected chi connectivity index (χ2v) is 5.53. The van der Waals surface area contributed by atoms with Gasteiger partial charge in [0.25, 0.3) is 0 Å². The monoisotopic (exact) mass is 480 g/mol. The highest BCUT2D eigenvalue weighted by atomic mass is 127. The quantitative estimate of drug-likeness (QED) is 0.388. The molecule has 2 aromatic rings. The standard InChI is InChI=1S/C17H22F2N4O2.HI/c1-11-12(2)24-15(22-11)9-21-17(20-3)23(4)10-13-5-7-14(8-6-13)25-16(18)19;/h5-8,16H,9-10H2,1-4H3,(H,20,21);1H. The average molecular weight is 480 g/mol. The van der Waals surface area contributed by atoms with Crippen LogP contribution in [0.15, 0.2) is 33.7 Å². The lowest BCUT2D eigenvalue weighted by atomic mass is 10.2. The molecule has 2 rings (SSSR count). The van der Waals surface area contributed by atoms with Gasteiger partial charge < -0.3 is 19.4 Å². The summed E-state index contributed by atoms with van der Waals surface area (Å²) >= 11 is 0. The van der Waals surface area contributed by atoms with E-state index in [4.69, 9.17) is 4.42 Å². The molecule has 0 aliphatic rings. The van der Waals surface area contributed by atoms with Crippen molar-refractivity contribution in [1.29, 1.82) is 0 Å². The summed E-state index contributed by atoms with van der Waals surface area (Å²) in [5, 5.41) is 3.18. The number of oxazole rings is 1. The molecular weight excluding hydrogens is 457 g/mol. The number of aryl methyl sites for hydroxylation is 2. The maximum atomic E-state index is 12.2. The Labute approximate surface area is 168 Å². The van der Waals surface area contributed by atoms with Crippen LogP contribution >= 0.6 is 24.0 Å². The predicted molar refractivity (Wildman–Crippen MR) is 106 cm³/mol. The topological polar surface area (TPSA) is 62.9 Å². The van der Waals surface area contributed by atoms with Crippen LogP contribution in [0.4, 0.5) is 8.78 Å². The van der Waals surface area contributed by atoms with Crippen LogP contribution in [-0.4, -0.2) is 36.6 Å². The van der Waals surface area contributed by atoms with Crippen LogP contribution in [-0.2, 0) is 13.1 Å². The second kappa shape index (κ2) is 10.3. The third kappa shape index (κ3) is 6.43. The molecule has 0 unspecified atom stereocenters. The van der Waals surface area contributed by atoms with E-state index in [1.54, 1.807) is 19.2 Å². The first-order valence-corrected chi connectivity index (χ1v) is 7.77. The van der Waals surface area contributed by atoms with Crippen LogP contribution < -0.4 is 10.1 Å². The Bertz CT molecular complexity index is 701. The molecule has 1 N–H and O–H groups in total. The second-order valence-electron chi connectivity index (χ2n) is 5.53. The number of nitrogens with zero attached hydrogens (tertiary/aromatic N) is 3. The van der Waals surface area contributed by atoms with Crippen molar-refractivity contribution in [3.8, 4) is 5.75 Å². The molecular formula is C17H23F2IN4O2. The number of benzene rings is 1. The Morgan fingerprint density at radius 1 is 1.31 bits per heavy atom. The summed E-state index contributed by atoms with van der Waals surface area (Å²) in [5.74, 6) is 2.20. The maximum Gasteiger partial charge on any atom is 0.387 e. The minimum atomic E-state index is -2.82. The molecule has 9 heteroatoms. The van der Waals surface area contributed by atoms with Gasteiger partial charge in [-0.3, -0.25) is 4.99 Å². The molecule has 0 aliphatic carbocycles. The molecule has 1 heterocycles. The van der Waals surface area contributed by atoms with Crippen LogP contribution in [0.5, 0.6) is 5.75 Å². The van der Waals surface area contributed by atoms with E-state index in [9.17, 15) is 8.78 Å². The van der Waals surface area contributed by atoms with Gasteiger partial charge in [-0.1, -0.05) is 12.1 Å². The third-order valence-electron chi connectivity index (χ3n) is 3.61. The zero-order valence-corrected chi connectivity index (χ0v) is 17.5. The fraction of sp³-hybridized carbons (Fsp3) is 0.412. The fourth-order valence-corrected chi connectivity index (χ4v) is 2.28. The van der Waals surface area contributed by atoms with Crippen molar-refractivity contribution in [2.45, 2.75) is 33.5 Å². The molecule has 144 valence electrons. The van der Waals surface area contributed by atoms with E-state index < -0.39 is 6.61 Å². The minimum absolute atomic E-state index is 0. The highest BCUT2D eigenvalue weighted by molar-refractivity contribution is 14.0. The Morgan fingerprint density at radius 3 is 2.46 bits per heavy atom. The minimum Gasteiger partial charge on any atom is -0.444 e. The summed E-state index contributed by atoms with van der Waals surface area (Å²) in [7, 11) is 3.56. The van der Waals surface area contributed by atoms with E-state index in [0.29, 0.717) is 24.9 Å². The summed E-state index contributed by atoms with van der Waals surface area (Å²) in [4.78, 5) is 10.4. The van der Waals surface area contributed by atoms with Crippen LogP contribution in [0.3, 0.4) is 0 Å². The van der Waals surface area contributed by atoms with E-state index in [1.807, 2.05) is 25.8 Å². The first-order chi connectivity index (χ1) is 11.9. The predicted octanol–water partition coefficient (Wildman–Crippen LogP) is 3.72. The summed E-state index contributed by atoms with van der Waals surface area (Å²) in [6.45, 7) is 1.92. The maximum absolute atomic E-state index is 12.2. The molecule has 0 atom stereocenters. The van der Waals surface area contributed by atoms with E-state index in [1.165, 1.54) is 12.1 Å². The highest BCUT2D eigenvalue weighted by Crippen LogP contribution is 2.16. The molecule has 0 saturated carbocycles. The molecule has 0 fully saturated rings. The molecule has 6 nitrogen and oxygen atoms in total. The van der Waals surface area contributed by atoms with Crippen LogP contribution in [0, 0.1) is 13.8 Å². The van der Waals surface area contributed by atoms with E-state index in [2.05, 4.69) is 20.0 Å². The number of nitrogens with one attached hydrogen (secondary N) is 1. The lowest BCUT2D eigenvalue weighted by molar-refractivity contribution is -0.0498. The van der Waals surface area contributed by atoms with Crippen molar-refractivity contribution < 1.29 is 17.9 Å². The molecule has 0 saturated heterocycles. The number of aliphatic imine (C=N–C) groups is 1. The summed E-state index contributed by atoms with van der Waals surface area (Å²) < 4.78 is 34.2. The zero-order chi connectivity index (χ0) is 18.4. The Morgan fingerprint density at radius 2 is 1.96 bits per heavy atom. The number of hydrogen-bond acceptors (Lipinski definition) is 4. The first-order valence-electron chi connectivity index (χ1n) is 7.77. The van der Waals surface area contributed by atoms with Crippen LogP contribution in [0.2, 0.25) is 0 Å². The Kier molecular flexibility index (Phi) is 8.76. The molecule has 0 radical (unpaired) electrons. The van der Waals surface area contributed by atoms with Gasteiger partial charge in [-0.05, 0) is 31.5 Å². The van der Waals surface area contributed by atoms with Gasteiger partial charge in [-0.25, -0.2) is 4.98 Å². The Balaban J connectivity index is 0.00000338. The van der Waals surface area contributed by atoms with E-state index in [-0.39, 0.29) is 29.7 Å². The normalized spacial score (nSPS) is 11.3. The van der Waals surface area contributed by atoms with Crippen molar-refractivity contribution >= 4 is 29.9 Å². The highest BCUT2D eigenvalue weighted by Gasteiger charge is 2.10. The van der Waals surface area contributed by atoms with Crippen molar-refractivity contribution in [2.24, 2.45) is 4.99 Å². The van der Waals surface area contributed by atoms with Gasteiger partial charge in [0.1, 0.15) is 11.5 Å². The SMILES string of the molecule is CN=C(NCc1nc(C)c(C)o1)N(C)Cc1ccc(OC(F)F)cc1.I. The van der Waals surface area contributed by atoms with Gasteiger partial charge in [0, 0.05) is 20.6 Å². The number of aromatic nitrogens is 1. The van der Waals surface area contributed by atoms with Crippen molar-refractivity contribution in [2.75, 3.05) is 14.1 Å². The van der Waals surface area contributed by atoms with Gasteiger partial charge >= 0.3 is 6.61 Å². The number of halogens is 3. The number of hydrogen-bond donors (Lipinski definition) is 1. The number of rotatable bonds is 6. The van der Waals surface area contributed by atoms with Gasteiger partial charge in [-0.15, -0.1) is 24.0 Å².